The second-order valence-electron chi connectivity index (χ2n) is 6.71. The van der Waals surface area contributed by atoms with Crippen molar-refractivity contribution in [1.82, 2.24) is 14.9 Å². The zero-order valence-electron chi connectivity index (χ0n) is 11.4. The maximum atomic E-state index is 4.53. The van der Waals surface area contributed by atoms with E-state index in [1.165, 1.54) is 11.4 Å². The van der Waals surface area contributed by atoms with E-state index in [0.717, 1.165) is 32.0 Å². The minimum absolute atomic E-state index is 0.469. The lowest BCUT2D eigenvalue weighted by Gasteiger charge is -2.15. The van der Waals surface area contributed by atoms with Gasteiger partial charge in [0.15, 0.2) is 0 Å². The molecule has 1 aromatic heterocycles. The Morgan fingerprint density at radius 3 is 2.71 bits per heavy atom. The quantitative estimate of drug-likeness (QED) is 0.849. The van der Waals surface area contributed by atoms with E-state index >= 15 is 0 Å². The first kappa shape index (κ1) is 11.3. The zero-order chi connectivity index (χ0) is 12.3. The van der Waals surface area contributed by atoms with Crippen LogP contribution in [0.25, 0.3) is 0 Å². The molecule has 0 unspecified atom stereocenters. The van der Waals surface area contributed by atoms with Gasteiger partial charge in [0.05, 0.1) is 12.0 Å². The Hall–Kier alpha value is -0.830. The predicted molar refractivity (Wildman–Crippen MR) is 68.7 cm³/mol. The summed E-state index contributed by atoms with van der Waals surface area (Å²) in [5, 5.41) is 3.38. The Morgan fingerprint density at radius 2 is 2.06 bits per heavy atom. The van der Waals surface area contributed by atoms with Gasteiger partial charge in [-0.2, -0.15) is 0 Å². The summed E-state index contributed by atoms with van der Waals surface area (Å²) >= 11 is 0. The number of hydrogen-bond donors (Lipinski definition) is 1. The molecule has 1 aliphatic heterocycles. The van der Waals surface area contributed by atoms with Crippen LogP contribution in [0.3, 0.4) is 0 Å². The molecule has 1 N–H and O–H groups in total. The van der Waals surface area contributed by atoms with E-state index in [-0.39, 0.29) is 0 Å². The van der Waals surface area contributed by atoms with Crippen molar-refractivity contribution in [2.45, 2.75) is 47.2 Å². The van der Waals surface area contributed by atoms with Gasteiger partial charge in [0.25, 0.3) is 0 Å². The molecule has 0 aromatic carbocycles. The van der Waals surface area contributed by atoms with E-state index in [0.29, 0.717) is 10.8 Å². The van der Waals surface area contributed by atoms with E-state index in [1.54, 1.807) is 0 Å². The van der Waals surface area contributed by atoms with Gasteiger partial charge in [0, 0.05) is 31.7 Å². The second-order valence-corrected chi connectivity index (χ2v) is 6.71. The highest BCUT2D eigenvalue weighted by atomic mass is 15.1. The molecule has 2 heterocycles. The first-order valence-electron chi connectivity index (χ1n) is 6.68. The van der Waals surface area contributed by atoms with Crippen molar-refractivity contribution in [3.8, 4) is 0 Å². The van der Waals surface area contributed by atoms with Crippen molar-refractivity contribution < 1.29 is 0 Å². The van der Waals surface area contributed by atoms with Gasteiger partial charge in [-0.05, 0) is 16.7 Å². The molecule has 3 heteroatoms. The zero-order valence-corrected chi connectivity index (χ0v) is 11.4. The highest BCUT2D eigenvalue weighted by molar-refractivity contribution is 5.18. The van der Waals surface area contributed by atoms with E-state index in [4.69, 9.17) is 0 Å². The molecule has 17 heavy (non-hydrogen) atoms. The van der Waals surface area contributed by atoms with Crippen molar-refractivity contribution in [3.05, 3.63) is 17.7 Å². The Morgan fingerprint density at radius 1 is 1.35 bits per heavy atom. The SMILES string of the molecule is CC1(C)C(Cn2cnc3c2CCNC3)C1(C)C. The molecule has 1 fully saturated rings. The molecule has 1 aromatic rings. The van der Waals surface area contributed by atoms with Crippen molar-refractivity contribution in [1.29, 1.82) is 0 Å². The van der Waals surface area contributed by atoms with Gasteiger partial charge >= 0.3 is 0 Å². The summed E-state index contributed by atoms with van der Waals surface area (Å²) < 4.78 is 2.40. The van der Waals surface area contributed by atoms with E-state index in [9.17, 15) is 0 Å². The number of imidazole rings is 1. The van der Waals surface area contributed by atoms with Gasteiger partial charge in [-0.1, -0.05) is 27.7 Å². The largest absolute Gasteiger partial charge is 0.334 e. The molecule has 0 radical (unpaired) electrons. The molecular weight excluding hydrogens is 210 g/mol. The highest BCUT2D eigenvalue weighted by Gasteiger charge is 2.64. The summed E-state index contributed by atoms with van der Waals surface area (Å²) in [4.78, 5) is 4.53. The number of hydrogen-bond acceptors (Lipinski definition) is 2. The van der Waals surface area contributed by atoms with Gasteiger partial charge in [-0.3, -0.25) is 0 Å². The molecule has 1 saturated carbocycles. The van der Waals surface area contributed by atoms with Crippen LogP contribution in [-0.4, -0.2) is 16.1 Å². The minimum atomic E-state index is 0.469. The van der Waals surface area contributed by atoms with Crippen LogP contribution in [0.5, 0.6) is 0 Å². The normalized spacial score (nSPS) is 25.6. The lowest BCUT2D eigenvalue weighted by atomic mass is 10.0. The van der Waals surface area contributed by atoms with Gasteiger partial charge in [-0.25, -0.2) is 4.98 Å². The lowest BCUT2D eigenvalue weighted by molar-refractivity contribution is 0.457. The Bertz CT molecular complexity index is 428. The maximum Gasteiger partial charge on any atom is 0.0952 e. The van der Waals surface area contributed by atoms with Crippen molar-refractivity contribution in [3.63, 3.8) is 0 Å². The molecule has 1 aliphatic carbocycles. The summed E-state index contributed by atoms with van der Waals surface area (Å²) in [6.45, 7) is 12.7. The average molecular weight is 233 g/mol. The molecule has 0 amide bonds. The summed E-state index contributed by atoms with van der Waals surface area (Å²) in [6.07, 6.45) is 3.17. The minimum Gasteiger partial charge on any atom is -0.334 e. The number of nitrogens with one attached hydrogen (secondary N) is 1. The van der Waals surface area contributed by atoms with Crippen LogP contribution in [-0.2, 0) is 19.5 Å². The third-order valence-electron chi connectivity index (χ3n) is 5.56. The fourth-order valence-electron chi connectivity index (χ4n) is 3.44. The Kier molecular flexibility index (Phi) is 2.22. The van der Waals surface area contributed by atoms with Crippen LogP contribution in [0, 0.1) is 16.7 Å². The number of rotatable bonds is 2. The molecule has 3 rings (SSSR count). The van der Waals surface area contributed by atoms with Crippen LogP contribution >= 0.6 is 0 Å². The standard InChI is InChI=1S/C14H23N3/c1-13(2)12(14(13,3)4)8-17-9-16-10-7-15-6-5-11(10)17/h9,12,15H,5-8H2,1-4H3. The fraction of sp³-hybridized carbons (Fsp3) is 0.786. The van der Waals surface area contributed by atoms with Crippen molar-refractivity contribution >= 4 is 0 Å². The Labute approximate surface area is 104 Å². The fourth-order valence-corrected chi connectivity index (χ4v) is 3.44. The molecular formula is C14H23N3. The predicted octanol–water partition coefficient (Wildman–Crippen LogP) is 2.21. The van der Waals surface area contributed by atoms with Crippen LogP contribution < -0.4 is 5.32 Å². The van der Waals surface area contributed by atoms with Crippen LogP contribution in [0.2, 0.25) is 0 Å². The third-order valence-corrected chi connectivity index (χ3v) is 5.56. The summed E-state index contributed by atoms with van der Waals surface area (Å²) in [6, 6.07) is 0. The Balaban J connectivity index is 1.81. The van der Waals surface area contributed by atoms with E-state index in [1.807, 2.05) is 6.33 Å². The molecule has 0 atom stereocenters. The number of fused-ring (bicyclic) bond motifs is 1. The van der Waals surface area contributed by atoms with Gasteiger partial charge in [0.2, 0.25) is 0 Å². The van der Waals surface area contributed by atoms with Crippen LogP contribution in [0.4, 0.5) is 0 Å². The first-order valence-corrected chi connectivity index (χ1v) is 6.68. The smallest absolute Gasteiger partial charge is 0.0952 e. The van der Waals surface area contributed by atoms with Crippen molar-refractivity contribution in [2.24, 2.45) is 16.7 Å². The average Bonchev–Trinajstić information content (AvgIpc) is 2.65. The summed E-state index contributed by atoms with van der Waals surface area (Å²) in [5.41, 5.74) is 3.66. The van der Waals surface area contributed by atoms with E-state index < -0.39 is 0 Å². The van der Waals surface area contributed by atoms with Crippen LogP contribution in [0.15, 0.2) is 6.33 Å². The van der Waals surface area contributed by atoms with Gasteiger partial charge in [-0.15, -0.1) is 0 Å². The molecule has 0 spiro atoms. The topological polar surface area (TPSA) is 29.9 Å². The second kappa shape index (κ2) is 3.35. The molecule has 2 aliphatic rings. The molecule has 94 valence electrons. The highest BCUT2D eigenvalue weighted by Crippen LogP contribution is 2.68. The maximum absolute atomic E-state index is 4.53. The van der Waals surface area contributed by atoms with Gasteiger partial charge in [0.1, 0.15) is 0 Å². The van der Waals surface area contributed by atoms with Crippen LogP contribution in [0.1, 0.15) is 39.1 Å². The van der Waals surface area contributed by atoms with Crippen molar-refractivity contribution in [2.75, 3.05) is 6.54 Å². The number of nitrogens with zero attached hydrogens (tertiary/aromatic N) is 2. The molecule has 0 bridgehead atoms. The lowest BCUT2D eigenvalue weighted by Crippen LogP contribution is -2.25. The molecule has 0 saturated heterocycles. The molecule has 3 nitrogen and oxygen atoms in total. The summed E-state index contributed by atoms with van der Waals surface area (Å²) in [7, 11) is 0. The summed E-state index contributed by atoms with van der Waals surface area (Å²) in [5.74, 6) is 0.781. The first-order chi connectivity index (χ1) is 7.94. The monoisotopic (exact) mass is 233 g/mol. The third kappa shape index (κ3) is 1.48. The van der Waals surface area contributed by atoms with Gasteiger partial charge < -0.3 is 9.88 Å². The van der Waals surface area contributed by atoms with E-state index in [2.05, 4.69) is 42.6 Å². The number of aromatic nitrogens is 2.